The number of hydrogen-bond acceptors (Lipinski definition) is 4. The molecule has 2 rings (SSSR count). The zero-order chi connectivity index (χ0) is 17.1. The molecule has 0 saturated carbocycles. The molecule has 1 heterocycles. The number of carbonyl (C=O) groups is 2. The third-order valence-electron chi connectivity index (χ3n) is 2.47. The number of methoxy groups -OCH3 is 1. The van der Waals surface area contributed by atoms with E-state index in [2.05, 4.69) is 9.97 Å². The summed E-state index contributed by atoms with van der Waals surface area (Å²) < 4.78 is 5.03. The van der Waals surface area contributed by atoms with E-state index in [1.165, 1.54) is 18.5 Å². The van der Waals surface area contributed by atoms with Gasteiger partial charge >= 0.3 is 11.9 Å². The third-order valence-corrected chi connectivity index (χ3v) is 2.47. The van der Waals surface area contributed by atoms with E-state index in [0.717, 1.165) is 17.7 Å². The summed E-state index contributed by atoms with van der Waals surface area (Å²) in [6.45, 7) is 0. The van der Waals surface area contributed by atoms with Gasteiger partial charge in [-0.2, -0.15) is 0 Å². The van der Waals surface area contributed by atoms with Gasteiger partial charge in [-0.1, -0.05) is 18.2 Å². The molecule has 1 aromatic carbocycles. The number of nitrogens with one attached hydrogen (secondary N) is 1. The molecule has 0 aliphatic heterocycles. The number of imidazole rings is 1. The van der Waals surface area contributed by atoms with Gasteiger partial charge in [-0.15, -0.1) is 0 Å². The number of carboxylic acid groups (broad SMARTS) is 2. The van der Waals surface area contributed by atoms with Gasteiger partial charge in [0.15, 0.2) is 0 Å². The molecule has 120 valence electrons. The fourth-order valence-electron chi connectivity index (χ4n) is 1.48. The molecule has 0 radical (unpaired) electrons. The van der Waals surface area contributed by atoms with Gasteiger partial charge in [0.1, 0.15) is 5.75 Å². The summed E-state index contributed by atoms with van der Waals surface area (Å²) in [5, 5.41) is 16.6. The van der Waals surface area contributed by atoms with Crippen LogP contribution in [0.1, 0.15) is 11.3 Å². The van der Waals surface area contributed by atoms with Crippen LogP contribution in [0, 0.1) is 0 Å². The van der Waals surface area contributed by atoms with E-state index in [1.54, 1.807) is 25.4 Å². The minimum Gasteiger partial charge on any atom is -0.496 e. The lowest BCUT2D eigenvalue weighted by molar-refractivity contribution is -0.132. The summed E-state index contributed by atoms with van der Waals surface area (Å²) in [6.07, 6.45) is 8.10. The van der Waals surface area contributed by atoms with Crippen LogP contribution in [-0.2, 0) is 9.59 Å². The Morgan fingerprint density at radius 3 is 2.35 bits per heavy atom. The van der Waals surface area contributed by atoms with Gasteiger partial charge in [-0.25, -0.2) is 14.6 Å². The van der Waals surface area contributed by atoms with Gasteiger partial charge < -0.3 is 19.9 Å². The number of para-hydroxylation sites is 1. The monoisotopic (exact) mass is 316 g/mol. The Morgan fingerprint density at radius 1 is 1.13 bits per heavy atom. The van der Waals surface area contributed by atoms with E-state index in [0.29, 0.717) is 11.4 Å². The fraction of sp³-hybridized carbons (Fsp3) is 0.0625. The number of ether oxygens (including phenoxy) is 1. The zero-order valence-electron chi connectivity index (χ0n) is 12.3. The molecular weight excluding hydrogens is 300 g/mol. The summed E-state index contributed by atoms with van der Waals surface area (Å²) in [5.41, 5.74) is 1.44. The molecule has 2 aromatic rings. The van der Waals surface area contributed by atoms with Crippen molar-refractivity contribution in [3.63, 3.8) is 0 Å². The predicted octanol–water partition coefficient (Wildman–Crippen LogP) is 2.30. The number of aromatic nitrogens is 2. The molecule has 0 aliphatic rings. The molecule has 0 atom stereocenters. The maximum atomic E-state index is 10.2. The number of nitrogens with zero attached hydrogens (tertiary/aromatic N) is 1. The molecule has 0 unspecified atom stereocenters. The summed E-state index contributed by atoms with van der Waals surface area (Å²) >= 11 is 0. The number of H-pyrrole nitrogens is 1. The molecule has 7 nitrogen and oxygen atoms in total. The second-order valence-electron chi connectivity index (χ2n) is 4.09. The highest BCUT2D eigenvalue weighted by atomic mass is 16.5. The largest absolute Gasteiger partial charge is 0.496 e. The number of hydrogen-bond donors (Lipinski definition) is 3. The molecule has 0 amide bonds. The first-order valence-corrected chi connectivity index (χ1v) is 6.46. The van der Waals surface area contributed by atoms with Crippen molar-refractivity contribution in [3.05, 3.63) is 60.2 Å². The van der Waals surface area contributed by atoms with Crippen LogP contribution in [0.25, 0.3) is 12.2 Å². The highest BCUT2D eigenvalue weighted by Gasteiger charge is 1.96. The van der Waals surface area contributed by atoms with Crippen LogP contribution < -0.4 is 4.74 Å². The van der Waals surface area contributed by atoms with Crippen molar-refractivity contribution in [2.24, 2.45) is 0 Å². The van der Waals surface area contributed by atoms with Gasteiger partial charge in [-0.05, 0) is 18.2 Å². The first-order valence-electron chi connectivity index (χ1n) is 6.46. The highest BCUT2D eigenvalue weighted by Crippen LogP contribution is 2.18. The molecule has 3 N–H and O–H groups in total. The first kappa shape index (κ1) is 17.7. The molecule has 23 heavy (non-hydrogen) atoms. The maximum Gasteiger partial charge on any atom is 0.328 e. The van der Waals surface area contributed by atoms with Crippen molar-refractivity contribution < 1.29 is 24.5 Å². The van der Waals surface area contributed by atoms with E-state index in [1.807, 2.05) is 12.1 Å². The average Bonchev–Trinajstić information content (AvgIpc) is 3.05. The number of rotatable bonds is 5. The zero-order valence-corrected chi connectivity index (χ0v) is 12.3. The Balaban J connectivity index is 0.000000238. The van der Waals surface area contributed by atoms with Crippen molar-refractivity contribution in [1.82, 2.24) is 9.97 Å². The van der Waals surface area contributed by atoms with Crippen molar-refractivity contribution in [2.75, 3.05) is 7.11 Å². The molecule has 0 spiro atoms. The van der Waals surface area contributed by atoms with Gasteiger partial charge in [0.2, 0.25) is 0 Å². The average molecular weight is 316 g/mol. The van der Waals surface area contributed by atoms with Crippen LogP contribution in [0.3, 0.4) is 0 Å². The minimum atomic E-state index is -0.967. The minimum absolute atomic E-state index is 0.667. The lowest BCUT2D eigenvalue weighted by atomic mass is 10.2. The van der Waals surface area contributed by atoms with Gasteiger partial charge in [-0.3, -0.25) is 0 Å². The van der Waals surface area contributed by atoms with Crippen molar-refractivity contribution in [2.45, 2.75) is 0 Å². The van der Waals surface area contributed by atoms with E-state index >= 15 is 0 Å². The number of aliphatic carboxylic acids is 2. The van der Waals surface area contributed by atoms with Crippen LogP contribution in [0.5, 0.6) is 5.75 Å². The Labute approximate surface area is 132 Å². The molecule has 7 heteroatoms. The van der Waals surface area contributed by atoms with Gasteiger partial charge in [0, 0.05) is 17.7 Å². The molecule has 0 saturated heterocycles. The van der Waals surface area contributed by atoms with E-state index in [9.17, 15) is 9.59 Å². The van der Waals surface area contributed by atoms with Gasteiger partial charge in [0.05, 0.1) is 25.3 Å². The van der Waals surface area contributed by atoms with Crippen LogP contribution in [0.4, 0.5) is 0 Å². The summed E-state index contributed by atoms with van der Waals surface area (Å²) in [6, 6.07) is 7.22. The van der Waals surface area contributed by atoms with E-state index in [-0.39, 0.29) is 0 Å². The molecule has 1 aromatic heterocycles. The Bertz CT molecular complexity index is 690. The predicted molar refractivity (Wildman–Crippen MR) is 84.9 cm³/mol. The standard InChI is InChI=1S/C10H10O3.C6H6N2O2/c1-13-9-5-3-2-4-8(9)6-7-10(11)12;9-6(10)2-1-5-3-7-4-8-5/h2-7H,1H3,(H,11,12);1-4H,(H,7,8)(H,9,10)/b7-6+;2-1+. The quantitative estimate of drug-likeness (QED) is 0.730. The Kier molecular flexibility index (Phi) is 7.36. The van der Waals surface area contributed by atoms with E-state index < -0.39 is 11.9 Å². The molecule has 0 aliphatic carbocycles. The van der Waals surface area contributed by atoms with Crippen LogP contribution in [0.2, 0.25) is 0 Å². The fourth-order valence-corrected chi connectivity index (χ4v) is 1.48. The molecule has 0 bridgehead atoms. The smallest absolute Gasteiger partial charge is 0.328 e. The Hall–Kier alpha value is -3.35. The topological polar surface area (TPSA) is 113 Å². The number of carboxylic acids is 2. The number of benzene rings is 1. The first-order chi connectivity index (χ1) is 11.0. The SMILES string of the molecule is COc1ccccc1/C=C/C(=O)O.O=C(O)/C=C/c1cnc[nH]1. The third kappa shape index (κ3) is 7.28. The van der Waals surface area contributed by atoms with Crippen LogP contribution in [-0.4, -0.2) is 39.2 Å². The normalized spacial score (nSPS) is 10.3. The lowest BCUT2D eigenvalue weighted by Gasteiger charge is -2.02. The van der Waals surface area contributed by atoms with Gasteiger partial charge in [0.25, 0.3) is 0 Å². The van der Waals surface area contributed by atoms with Crippen LogP contribution in [0.15, 0.2) is 48.9 Å². The summed E-state index contributed by atoms with van der Waals surface area (Å²) in [5.74, 6) is -1.26. The lowest BCUT2D eigenvalue weighted by Crippen LogP contribution is -1.88. The second-order valence-corrected chi connectivity index (χ2v) is 4.09. The van der Waals surface area contributed by atoms with Crippen molar-refractivity contribution >= 4 is 24.1 Å². The maximum absolute atomic E-state index is 10.2. The van der Waals surface area contributed by atoms with Crippen molar-refractivity contribution in [1.29, 1.82) is 0 Å². The summed E-state index contributed by atoms with van der Waals surface area (Å²) in [7, 11) is 1.55. The Morgan fingerprint density at radius 2 is 1.78 bits per heavy atom. The van der Waals surface area contributed by atoms with Crippen LogP contribution >= 0.6 is 0 Å². The van der Waals surface area contributed by atoms with E-state index in [4.69, 9.17) is 14.9 Å². The molecular formula is C16H16N2O5. The molecule has 0 fully saturated rings. The van der Waals surface area contributed by atoms with Crippen molar-refractivity contribution in [3.8, 4) is 5.75 Å². The second kappa shape index (κ2) is 9.56. The highest BCUT2D eigenvalue weighted by molar-refractivity contribution is 5.86. The summed E-state index contributed by atoms with van der Waals surface area (Å²) in [4.78, 5) is 26.6. The number of aromatic amines is 1.